The molecular formula is C8H11NOS. The molecule has 1 aromatic rings. The van der Waals surface area contributed by atoms with Crippen LogP contribution in [0.25, 0.3) is 0 Å². The van der Waals surface area contributed by atoms with Crippen molar-refractivity contribution in [3.63, 3.8) is 0 Å². The Morgan fingerprint density at radius 3 is 3.09 bits per heavy atom. The minimum atomic E-state index is 0.790. The molecule has 0 aliphatic heterocycles. The smallest absolute Gasteiger partial charge is 0.0543 e. The molecule has 0 saturated carbocycles. The summed E-state index contributed by atoms with van der Waals surface area (Å²) in [6.45, 7) is 1.83. The van der Waals surface area contributed by atoms with Crippen molar-refractivity contribution in [2.45, 2.75) is 19.8 Å². The topological polar surface area (TPSA) is 32.6 Å². The first-order valence-electron chi connectivity index (χ1n) is 3.53. The number of thiophene rings is 1. The van der Waals surface area contributed by atoms with Gasteiger partial charge in [-0.25, -0.2) is 0 Å². The van der Waals surface area contributed by atoms with E-state index in [0.29, 0.717) is 0 Å². The third kappa shape index (κ3) is 2.72. The average Bonchev–Trinajstić information content (AvgIpc) is 2.52. The van der Waals surface area contributed by atoms with Crippen LogP contribution in [0.3, 0.4) is 0 Å². The SMILES string of the molecule is C/C(CCc1cccs1)=N\O. The molecule has 0 radical (unpaired) electrons. The van der Waals surface area contributed by atoms with Crippen molar-refractivity contribution < 1.29 is 5.21 Å². The Morgan fingerprint density at radius 1 is 1.73 bits per heavy atom. The van der Waals surface area contributed by atoms with Crippen LogP contribution in [0.2, 0.25) is 0 Å². The molecule has 0 fully saturated rings. The summed E-state index contributed by atoms with van der Waals surface area (Å²) in [4.78, 5) is 1.34. The van der Waals surface area contributed by atoms with E-state index < -0.39 is 0 Å². The normalized spacial score (nSPS) is 11.9. The fourth-order valence-electron chi connectivity index (χ4n) is 0.809. The number of oxime groups is 1. The molecule has 0 saturated heterocycles. The van der Waals surface area contributed by atoms with Gasteiger partial charge in [0.15, 0.2) is 0 Å². The summed E-state index contributed by atoms with van der Waals surface area (Å²) in [5.74, 6) is 0. The second-order valence-corrected chi connectivity index (χ2v) is 3.45. The van der Waals surface area contributed by atoms with E-state index in [9.17, 15) is 0 Å². The molecule has 1 rings (SSSR count). The Hall–Kier alpha value is -0.830. The second-order valence-electron chi connectivity index (χ2n) is 2.41. The largest absolute Gasteiger partial charge is 0.411 e. The van der Waals surface area contributed by atoms with Crippen LogP contribution >= 0.6 is 11.3 Å². The molecule has 0 aliphatic rings. The van der Waals surface area contributed by atoms with Crippen molar-refractivity contribution in [1.29, 1.82) is 0 Å². The van der Waals surface area contributed by atoms with Gasteiger partial charge in [0.25, 0.3) is 0 Å². The first-order chi connectivity index (χ1) is 5.33. The lowest BCUT2D eigenvalue weighted by Gasteiger charge is -1.94. The van der Waals surface area contributed by atoms with E-state index in [4.69, 9.17) is 5.21 Å². The van der Waals surface area contributed by atoms with Gasteiger partial charge in [-0.05, 0) is 31.2 Å². The maximum absolute atomic E-state index is 8.35. The van der Waals surface area contributed by atoms with Gasteiger partial charge >= 0.3 is 0 Å². The quantitative estimate of drug-likeness (QED) is 0.421. The summed E-state index contributed by atoms with van der Waals surface area (Å²) >= 11 is 1.74. The first-order valence-corrected chi connectivity index (χ1v) is 4.41. The Morgan fingerprint density at radius 2 is 2.55 bits per heavy atom. The molecule has 11 heavy (non-hydrogen) atoms. The van der Waals surface area contributed by atoms with Crippen LogP contribution < -0.4 is 0 Å². The lowest BCUT2D eigenvalue weighted by molar-refractivity contribution is 0.317. The number of nitrogens with zero attached hydrogens (tertiary/aromatic N) is 1. The van der Waals surface area contributed by atoms with E-state index in [1.165, 1.54) is 4.88 Å². The van der Waals surface area contributed by atoms with Crippen molar-refractivity contribution in [2.75, 3.05) is 0 Å². The van der Waals surface area contributed by atoms with Crippen LogP contribution in [0.5, 0.6) is 0 Å². The standard InChI is InChI=1S/C8H11NOS/c1-7(9-10)4-5-8-3-2-6-11-8/h2-3,6,10H,4-5H2,1H3/b9-7+. The van der Waals surface area contributed by atoms with Crippen LogP contribution in [0.15, 0.2) is 22.7 Å². The zero-order valence-electron chi connectivity index (χ0n) is 6.45. The highest BCUT2D eigenvalue weighted by Gasteiger charge is 1.95. The molecule has 0 spiro atoms. The summed E-state index contributed by atoms with van der Waals surface area (Å²) in [6, 6.07) is 4.13. The molecule has 2 nitrogen and oxygen atoms in total. The van der Waals surface area contributed by atoms with E-state index in [1.807, 2.05) is 13.0 Å². The molecule has 0 atom stereocenters. The molecule has 3 heteroatoms. The number of aryl methyl sites for hydroxylation is 1. The second kappa shape index (κ2) is 4.13. The average molecular weight is 169 g/mol. The molecule has 0 amide bonds. The molecule has 0 aliphatic carbocycles. The number of hydrogen-bond acceptors (Lipinski definition) is 3. The van der Waals surface area contributed by atoms with Gasteiger partial charge in [-0.3, -0.25) is 0 Å². The minimum Gasteiger partial charge on any atom is -0.411 e. The molecule has 0 bridgehead atoms. The summed E-state index contributed by atoms with van der Waals surface area (Å²) < 4.78 is 0. The van der Waals surface area contributed by atoms with Gasteiger partial charge in [-0.15, -0.1) is 11.3 Å². The van der Waals surface area contributed by atoms with Crippen LogP contribution in [0.4, 0.5) is 0 Å². The van der Waals surface area contributed by atoms with Crippen LogP contribution in [0, 0.1) is 0 Å². The van der Waals surface area contributed by atoms with Crippen LogP contribution in [-0.4, -0.2) is 10.9 Å². The Balaban J connectivity index is 2.35. The van der Waals surface area contributed by atoms with E-state index >= 15 is 0 Å². The summed E-state index contributed by atoms with van der Waals surface area (Å²) in [6.07, 6.45) is 1.82. The predicted molar refractivity (Wildman–Crippen MR) is 47.5 cm³/mol. The maximum Gasteiger partial charge on any atom is 0.0543 e. The lowest BCUT2D eigenvalue weighted by atomic mass is 10.2. The zero-order valence-corrected chi connectivity index (χ0v) is 7.27. The Labute approximate surface area is 70.2 Å². The van der Waals surface area contributed by atoms with Crippen molar-refractivity contribution in [1.82, 2.24) is 0 Å². The van der Waals surface area contributed by atoms with Gasteiger partial charge in [0.05, 0.1) is 5.71 Å². The van der Waals surface area contributed by atoms with Crippen molar-refractivity contribution in [3.05, 3.63) is 22.4 Å². The monoisotopic (exact) mass is 169 g/mol. The van der Waals surface area contributed by atoms with E-state index in [1.54, 1.807) is 11.3 Å². The first kappa shape index (κ1) is 8.27. The van der Waals surface area contributed by atoms with Crippen molar-refractivity contribution >= 4 is 17.0 Å². The molecule has 0 aromatic carbocycles. The van der Waals surface area contributed by atoms with Gasteiger partial charge in [-0.1, -0.05) is 11.2 Å². The third-order valence-electron chi connectivity index (χ3n) is 1.48. The van der Waals surface area contributed by atoms with E-state index in [-0.39, 0.29) is 0 Å². The van der Waals surface area contributed by atoms with Crippen LogP contribution in [0.1, 0.15) is 18.2 Å². The van der Waals surface area contributed by atoms with Gasteiger partial charge in [0, 0.05) is 4.88 Å². The van der Waals surface area contributed by atoms with Crippen LogP contribution in [-0.2, 0) is 6.42 Å². The molecule has 1 heterocycles. The molecular weight excluding hydrogens is 158 g/mol. The van der Waals surface area contributed by atoms with E-state index in [0.717, 1.165) is 18.6 Å². The Bertz CT molecular complexity index is 228. The molecule has 1 aromatic heterocycles. The highest BCUT2D eigenvalue weighted by Crippen LogP contribution is 2.10. The molecule has 1 N–H and O–H groups in total. The molecule has 60 valence electrons. The highest BCUT2D eigenvalue weighted by atomic mass is 32.1. The number of hydrogen-bond donors (Lipinski definition) is 1. The summed E-state index contributed by atoms with van der Waals surface area (Å²) in [5.41, 5.74) is 0.790. The lowest BCUT2D eigenvalue weighted by Crippen LogP contribution is -1.92. The van der Waals surface area contributed by atoms with Gasteiger partial charge in [0.1, 0.15) is 0 Å². The Kier molecular flexibility index (Phi) is 3.11. The predicted octanol–water partition coefficient (Wildman–Crippen LogP) is 2.53. The van der Waals surface area contributed by atoms with Gasteiger partial charge in [0.2, 0.25) is 0 Å². The fourth-order valence-corrected chi connectivity index (χ4v) is 1.52. The number of rotatable bonds is 3. The summed E-state index contributed by atoms with van der Waals surface area (Å²) in [5, 5.41) is 13.5. The third-order valence-corrected chi connectivity index (χ3v) is 2.42. The highest BCUT2D eigenvalue weighted by molar-refractivity contribution is 7.09. The maximum atomic E-state index is 8.35. The molecule has 0 unspecified atom stereocenters. The minimum absolute atomic E-state index is 0.790. The fraction of sp³-hybridized carbons (Fsp3) is 0.375. The zero-order chi connectivity index (χ0) is 8.10. The van der Waals surface area contributed by atoms with E-state index in [2.05, 4.69) is 16.6 Å². The van der Waals surface area contributed by atoms with Crippen molar-refractivity contribution in [3.8, 4) is 0 Å². The van der Waals surface area contributed by atoms with Gasteiger partial charge in [-0.2, -0.15) is 0 Å². The summed E-state index contributed by atoms with van der Waals surface area (Å²) in [7, 11) is 0. The van der Waals surface area contributed by atoms with Crippen molar-refractivity contribution in [2.24, 2.45) is 5.16 Å². The van der Waals surface area contributed by atoms with Gasteiger partial charge < -0.3 is 5.21 Å².